The minimum atomic E-state index is 0. The normalized spacial score (nSPS) is 19.3. The molecule has 0 spiro atoms. The molecule has 0 aliphatic carbocycles. The highest BCUT2D eigenvalue weighted by Crippen LogP contribution is 2.17. The highest BCUT2D eigenvalue weighted by molar-refractivity contribution is 5.85. The van der Waals surface area contributed by atoms with E-state index in [4.69, 9.17) is 0 Å². The molecule has 15 heavy (non-hydrogen) atoms. The summed E-state index contributed by atoms with van der Waals surface area (Å²) >= 11 is 0. The average Bonchev–Trinajstić information content (AvgIpc) is 2.30. The molecule has 0 radical (unpaired) electrons. The van der Waals surface area contributed by atoms with Crippen LogP contribution in [0.2, 0.25) is 0 Å². The fourth-order valence-electron chi connectivity index (χ4n) is 1.88. The van der Waals surface area contributed by atoms with Crippen molar-refractivity contribution in [3.05, 3.63) is 30.1 Å². The zero-order valence-electron chi connectivity index (χ0n) is 9.02. The summed E-state index contributed by atoms with van der Waals surface area (Å²) in [6.45, 7) is 6.66. The quantitative estimate of drug-likeness (QED) is 0.830. The second-order valence-electron chi connectivity index (χ2n) is 3.72. The standard InChI is InChI=1S/C11H17N3.ClH/c1-10(11-4-2-3-5-13-11)14-8-6-12-7-9-14;/h2-5,10,12H,6-9H2,1H3;1H. The van der Waals surface area contributed by atoms with Gasteiger partial charge in [0.05, 0.1) is 5.69 Å². The molecule has 0 aromatic carbocycles. The van der Waals surface area contributed by atoms with Crippen LogP contribution in [-0.4, -0.2) is 36.1 Å². The number of nitrogens with zero attached hydrogens (tertiary/aromatic N) is 2. The first-order valence-electron chi connectivity index (χ1n) is 5.23. The topological polar surface area (TPSA) is 28.2 Å². The summed E-state index contributed by atoms with van der Waals surface area (Å²) in [7, 11) is 0. The molecule has 1 fully saturated rings. The molecule has 0 amide bonds. The molecule has 1 aliphatic heterocycles. The molecule has 0 saturated carbocycles. The van der Waals surface area contributed by atoms with Crippen molar-refractivity contribution in [2.24, 2.45) is 0 Å². The van der Waals surface area contributed by atoms with Crippen LogP contribution in [0.15, 0.2) is 24.4 Å². The lowest BCUT2D eigenvalue weighted by Crippen LogP contribution is -2.44. The molecule has 2 heterocycles. The van der Waals surface area contributed by atoms with E-state index in [1.54, 1.807) is 0 Å². The van der Waals surface area contributed by atoms with Gasteiger partial charge in [-0.2, -0.15) is 0 Å². The maximum absolute atomic E-state index is 4.39. The van der Waals surface area contributed by atoms with E-state index in [0.717, 1.165) is 26.2 Å². The van der Waals surface area contributed by atoms with Gasteiger partial charge in [0.1, 0.15) is 0 Å². The molecule has 1 aromatic rings. The molecule has 1 atom stereocenters. The molecule has 3 nitrogen and oxygen atoms in total. The lowest BCUT2D eigenvalue weighted by molar-refractivity contribution is 0.182. The average molecular weight is 228 g/mol. The van der Waals surface area contributed by atoms with Crippen molar-refractivity contribution >= 4 is 12.4 Å². The zero-order chi connectivity index (χ0) is 9.80. The molecule has 4 heteroatoms. The van der Waals surface area contributed by atoms with E-state index in [2.05, 4.69) is 34.3 Å². The molecule has 0 bridgehead atoms. The van der Waals surface area contributed by atoms with Crippen molar-refractivity contribution in [2.75, 3.05) is 26.2 Å². The smallest absolute Gasteiger partial charge is 0.0572 e. The Morgan fingerprint density at radius 3 is 2.67 bits per heavy atom. The van der Waals surface area contributed by atoms with Gasteiger partial charge in [0, 0.05) is 38.4 Å². The predicted octanol–water partition coefficient (Wildman–Crippen LogP) is 1.47. The molecule has 1 saturated heterocycles. The summed E-state index contributed by atoms with van der Waals surface area (Å²) in [5.74, 6) is 0. The van der Waals surface area contributed by atoms with Gasteiger partial charge in [0.25, 0.3) is 0 Å². The summed E-state index contributed by atoms with van der Waals surface area (Å²) in [6, 6.07) is 6.57. The largest absolute Gasteiger partial charge is 0.314 e. The Labute approximate surface area is 97.3 Å². The number of pyridine rings is 1. The monoisotopic (exact) mass is 227 g/mol. The number of rotatable bonds is 2. The Balaban J connectivity index is 0.00000112. The highest BCUT2D eigenvalue weighted by atomic mass is 35.5. The third-order valence-corrected chi connectivity index (χ3v) is 2.82. The van der Waals surface area contributed by atoms with Crippen molar-refractivity contribution in [1.29, 1.82) is 0 Å². The zero-order valence-corrected chi connectivity index (χ0v) is 9.83. The van der Waals surface area contributed by atoms with Gasteiger partial charge < -0.3 is 5.32 Å². The van der Waals surface area contributed by atoms with Crippen LogP contribution in [0, 0.1) is 0 Å². The third-order valence-electron chi connectivity index (χ3n) is 2.82. The minimum Gasteiger partial charge on any atom is -0.314 e. The van der Waals surface area contributed by atoms with E-state index in [-0.39, 0.29) is 12.4 Å². The molecule has 1 aliphatic rings. The van der Waals surface area contributed by atoms with Crippen LogP contribution < -0.4 is 5.32 Å². The van der Waals surface area contributed by atoms with Crippen molar-refractivity contribution in [3.63, 3.8) is 0 Å². The predicted molar refractivity (Wildman–Crippen MR) is 64.3 cm³/mol. The Morgan fingerprint density at radius 2 is 2.07 bits per heavy atom. The molecular formula is C11H18ClN3. The number of aromatic nitrogens is 1. The molecular weight excluding hydrogens is 210 g/mol. The molecule has 2 rings (SSSR count). The number of hydrogen-bond donors (Lipinski definition) is 1. The van der Waals surface area contributed by atoms with E-state index < -0.39 is 0 Å². The fraction of sp³-hybridized carbons (Fsp3) is 0.545. The van der Waals surface area contributed by atoms with Crippen molar-refractivity contribution in [1.82, 2.24) is 15.2 Å². The van der Waals surface area contributed by atoms with E-state index in [1.807, 2.05) is 12.3 Å². The number of piperazine rings is 1. The van der Waals surface area contributed by atoms with Crippen molar-refractivity contribution in [3.8, 4) is 0 Å². The number of nitrogens with one attached hydrogen (secondary N) is 1. The van der Waals surface area contributed by atoms with Crippen molar-refractivity contribution < 1.29 is 0 Å². The maximum Gasteiger partial charge on any atom is 0.0572 e. The van der Waals surface area contributed by atoms with E-state index >= 15 is 0 Å². The van der Waals surface area contributed by atoms with Crippen LogP contribution in [0.4, 0.5) is 0 Å². The van der Waals surface area contributed by atoms with Gasteiger partial charge in [0.2, 0.25) is 0 Å². The van der Waals surface area contributed by atoms with Gasteiger partial charge in [-0.1, -0.05) is 6.07 Å². The van der Waals surface area contributed by atoms with Crippen LogP contribution in [0.3, 0.4) is 0 Å². The van der Waals surface area contributed by atoms with Gasteiger partial charge in [-0.05, 0) is 19.1 Å². The van der Waals surface area contributed by atoms with E-state index in [1.165, 1.54) is 5.69 Å². The van der Waals surface area contributed by atoms with Crippen LogP contribution in [-0.2, 0) is 0 Å². The lowest BCUT2D eigenvalue weighted by Gasteiger charge is -2.32. The summed E-state index contributed by atoms with van der Waals surface area (Å²) in [4.78, 5) is 6.86. The van der Waals surface area contributed by atoms with Crippen LogP contribution in [0.1, 0.15) is 18.7 Å². The van der Waals surface area contributed by atoms with Gasteiger partial charge in [0.15, 0.2) is 0 Å². The Morgan fingerprint density at radius 1 is 1.33 bits per heavy atom. The number of hydrogen-bond acceptors (Lipinski definition) is 3. The fourth-order valence-corrected chi connectivity index (χ4v) is 1.88. The summed E-state index contributed by atoms with van der Waals surface area (Å²) < 4.78 is 0. The first kappa shape index (κ1) is 12.4. The van der Waals surface area contributed by atoms with Crippen molar-refractivity contribution in [2.45, 2.75) is 13.0 Å². The van der Waals surface area contributed by atoms with Crippen LogP contribution in [0.5, 0.6) is 0 Å². The van der Waals surface area contributed by atoms with Gasteiger partial charge in [-0.15, -0.1) is 12.4 Å². The lowest BCUT2D eigenvalue weighted by atomic mass is 10.1. The maximum atomic E-state index is 4.39. The van der Waals surface area contributed by atoms with Gasteiger partial charge in [-0.3, -0.25) is 9.88 Å². The minimum absolute atomic E-state index is 0. The molecule has 84 valence electrons. The Bertz CT molecular complexity index is 272. The highest BCUT2D eigenvalue weighted by Gasteiger charge is 2.17. The van der Waals surface area contributed by atoms with Crippen LogP contribution in [0.25, 0.3) is 0 Å². The number of halogens is 1. The molecule has 1 N–H and O–H groups in total. The summed E-state index contributed by atoms with van der Waals surface area (Å²) in [5.41, 5.74) is 1.18. The van der Waals surface area contributed by atoms with E-state index in [9.17, 15) is 0 Å². The third kappa shape index (κ3) is 3.16. The SMILES string of the molecule is CC(c1ccccn1)N1CCNCC1.Cl. The molecule has 1 aromatic heterocycles. The molecule has 1 unspecified atom stereocenters. The Hall–Kier alpha value is -0.640. The van der Waals surface area contributed by atoms with Crippen LogP contribution >= 0.6 is 12.4 Å². The van der Waals surface area contributed by atoms with Gasteiger partial charge in [-0.25, -0.2) is 0 Å². The van der Waals surface area contributed by atoms with Gasteiger partial charge >= 0.3 is 0 Å². The first-order chi connectivity index (χ1) is 6.88. The van der Waals surface area contributed by atoms with E-state index in [0.29, 0.717) is 6.04 Å². The summed E-state index contributed by atoms with van der Waals surface area (Å²) in [6.07, 6.45) is 1.87. The first-order valence-corrected chi connectivity index (χ1v) is 5.23. The summed E-state index contributed by atoms with van der Waals surface area (Å²) in [5, 5.41) is 3.36. The second kappa shape index (κ2) is 6.05. The Kier molecular flexibility index (Phi) is 5.02. The second-order valence-corrected chi connectivity index (χ2v) is 3.72.